The number of hydrogen-bond donors (Lipinski definition) is 0. The van der Waals surface area contributed by atoms with Crippen LogP contribution in [0.25, 0.3) is 0 Å². The Labute approximate surface area is 291 Å². The van der Waals surface area contributed by atoms with Crippen molar-refractivity contribution in [2.75, 3.05) is 12.3 Å². The first-order valence-electron chi connectivity index (χ1n) is 15.0. The Balaban J connectivity index is 0.000000208. The van der Waals surface area contributed by atoms with Crippen LogP contribution in [0.2, 0.25) is 0 Å². The van der Waals surface area contributed by atoms with Gasteiger partial charge in [-0.3, -0.25) is 0 Å². The molecule has 0 spiro atoms. The van der Waals surface area contributed by atoms with Crippen LogP contribution in [0.1, 0.15) is 0 Å². The number of carbonyl (C=O) groups excluding carboxylic acids is 2. The summed E-state index contributed by atoms with van der Waals surface area (Å²) in [5.41, 5.74) is 0. The molecule has 0 amide bonds. The van der Waals surface area contributed by atoms with Gasteiger partial charge in [-0.25, -0.2) is 0 Å². The van der Waals surface area contributed by atoms with E-state index in [9.17, 15) is 19.8 Å². The molecule has 0 N–H and O–H groups in total. The van der Waals surface area contributed by atoms with Crippen molar-refractivity contribution in [1.29, 1.82) is 0 Å². The van der Waals surface area contributed by atoms with Crippen LogP contribution in [0.3, 0.4) is 0 Å². The van der Waals surface area contributed by atoms with Crippen LogP contribution < -0.4 is 42.0 Å². The van der Waals surface area contributed by atoms with Crippen LogP contribution in [-0.4, -0.2) is 24.3 Å². The van der Waals surface area contributed by atoms with Crippen LogP contribution in [0.15, 0.2) is 182 Å². The van der Waals surface area contributed by atoms with Crippen molar-refractivity contribution in [2.24, 2.45) is 0 Å². The third kappa shape index (κ3) is 8.20. The van der Waals surface area contributed by atoms with E-state index in [0.29, 0.717) is 0 Å². The Morgan fingerprint density at radius 3 is 0.617 bits per heavy atom. The van der Waals surface area contributed by atoms with E-state index < -0.39 is 26.5 Å². The second-order valence-electron chi connectivity index (χ2n) is 10.7. The largest absolute Gasteiger partial charge is 2.00 e. The molecule has 4 nitrogen and oxygen atoms in total. The van der Waals surface area contributed by atoms with Gasteiger partial charge in [0, 0.05) is 0 Å². The van der Waals surface area contributed by atoms with Crippen molar-refractivity contribution < 1.29 is 40.2 Å². The molecule has 0 radical (unpaired) electrons. The average Bonchev–Trinajstić information content (AvgIpc) is 3.12. The predicted molar refractivity (Wildman–Crippen MR) is 190 cm³/mol. The van der Waals surface area contributed by atoms with Crippen LogP contribution in [0, 0.1) is 0 Å². The molecule has 0 heterocycles. The summed E-state index contributed by atoms with van der Waals surface area (Å²) in [6, 6.07) is 59.6. The molecule has 6 aromatic rings. The second kappa shape index (κ2) is 17.1. The van der Waals surface area contributed by atoms with Crippen molar-refractivity contribution in [2.45, 2.75) is 0 Å². The van der Waals surface area contributed by atoms with Gasteiger partial charge in [-0.05, 0) is 72.8 Å². The molecule has 236 valence electrons. The fraction of sp³-hybridized carbons (Fsp3) is 0.0500. The molecule has 7 heteroatoms. The smallest absolute Gasteiger partial charge is 0.546 e. The van der Waals surface area contributed by atoms with Crippen LogP contribution in [0.4, 0.5) is 0 Å². The minimum Gasteiger partial charge on any atom is -0.546 e. The number of carbonyl (C=O) groups is 2. The van der Waals surface area contributed by atoms with Gasteiger partial charge >= 0.3 is 20.4 Å². The fourth-order valence-electron chi connectivity index (χ4n) is 5.92. The van der Waals surface area contributed by atoms with E-state index in [-0.39, 0.29) is 32.7 Å². The quantitative estimate of drug-likeness (QED) is 0.159. The van der Waals surface area contributed by atoms with Crippen molar-refractivity contribution in [3.8, 4) is 0 Å². The molecular weight excluding hydrogens is 713 g/mol. The van der Waals surface area contributed by atoms with E-state index in [0.717, 1.165) is 31.8 Å². The Morgan fingerprint density at radius 1 is 0.340 bits per heavy atom. The summed E-state index contributed by atoms with van der Waals surface area (Å²) in [7, 11) is -4.54. The van der Waals surface area contributed by atoms with Gasteiger partial charge in [-0.15, -0.1) is 0 Å². The van der Waals surface area contributed by atoms with Gasteiger partial charge < -0.3 is 19.8 Å². The van der Waals surface area contributed by atoms with Gasteiger partial charge in [0.2, 0.25) is 0 Å². The van der Waals surface area contributed by atoms with Gasteiger partial charge in [-0.1, -0.05) is 109 Å². The Kier molecular flexibility index (Phi) is 13.0. The summed E-state index contributed by atoms with van der Waals surface area (Å²) in [4.78, 5) is 23.3. The molecule has 0 unspecified atom stereocenters. The third-order valence-corrected chi connectivity index (χ3v) is 16.5. The minimum absolute atomic E-state index is 0. The SMILES string of the molecule is O=C([O-])C[P+](c1ccccc1)(c1ccccc1)c1ccccc1.O=C([O-])C[P+](c1ccccc1)(c1ccccc1)c1ccccc1.[Pd+2]. The van der Waals surface area contributed by atoms with E-state index in [1.54, 1.807) is 0 Å². The molecule has 0 saturated carbocycles. The molecule has 6 aromatic carbocycles. The number of carboxylic acids is 2. The maximum absolute atomic E-state index is 11.7. The number of carboxylic acid groups (broad SMARTS) is 2. The second-order valence-corrected chi connectivity index (χ2v) is 17.7. The van der Waals surface area contributed by atoms with E-state index in [1.807, 2.05) is 182 Å². The Bertz CT molecular complexity index is 1490. The summed E-state index contributed by atoms with van der Waals surface area (Å²) in [6.45, 7) is 0. The third-order valence-electron chi connectivity index (χ3n) is 7.91. The molecule has 0 aromatic heterocycles. The van der Waals surface area contributed by atoms with Gasteiger partial charge in [0.1, 0.15) is 58.7 Å². The van der Waals surface area contributed by atoms with Crippen LogP contribution >= 0.6 is 14.5 Å². The Hall–Kier alpha value is -4.22. The number of rotatable bonds is 10. The number of aliphatic carboxylic acids is 2. The topological polar surface area (TPSA) is 80.3 Å². The van der Waals surface area contributed by atoms with Crippen molar-refractivity contribution in [1.82, 2.24) is 0 Å². The summed E-state index contributed by atoms with van der Waals surface area (Å²) >= 11 is 0. The first-order valence-corrected chi connectivity index (χ1v) is 18.9. The first-order chi connectivity index (χ1) is 22.5. The van der Waals surface area contributed by atoms with E-state index in [4.69, 9.17) is 0 Å². The van der Waals surface area contributed by atoms with Gasteiger partial charge in [0.05, 0.1) is 11.9 Å². The normalized spacial score (nSPS) is 10.9. The molecule has 0 aliphatic rings. The molecular formula is C40H34O4P2Pd+2. The molecule has 0 aliphatic heterocycles. The maximum atomic E-state index is 11.7. The van der Waals surface area contributed by atoms with E-state index in [1.165, 1.54) is 0 Å². The van der Waals surface area contributed by atoms with Gasteiger partial charge in [-0.2, -0.15) is 0 Å². The monoisotopic (exact) mass is 746 g/mol. The summed E-state index contributed by atoms with van der Waals surface area (Å²) in [5, 5.41) is 29.6. The minimum atomic E-state index is -2.27. The number of hydrogen-bond acceptors (Lipinski definition) is 4. The van der Waals surface area contributed by atoms with Gasteiger partial charge in [0.25, 0.3) is 0 Å². The zero-order chi connectivity index (χ0) is 32.2. The summed E-state index contributed by atoms with van der Waals surface area (Å²) in [5.74, 6) is -2.04. The van der Waals surface area contributed by atoms with Crippen molar-refractivity contribution >= 4 is 58.3 Å². The van der Waals surface area contributed by atoms with E-state index >= 15 is 0 Å². The molecule has 47 heavy (non-hydrogen) atoms. The van der Waals surface area contributed by atoms with Crippen LogP contribution in [-0.2, 0) is 30.0 Å². The predicted octanol–water partition coefficient (Wildman–Crippen LogP) is 3.46. The average molecular weight is 747 g/mol. The summed E-state index contributed by atoms with van der Waals surface area (Å²) < 4.78 is 0. The van der Waals surface area contributed by atoms with Crippen molar-refractivity contribution in [3.05, 3.63) is 182 Å². The zero-order valence-electron chi connectivity index (χ0n) is 25.6. The molecule has 0 saturated heterocycles. The molecule has 0 bridgehead atoms. The maximum Gasteiger partial charge on any atom is 2.00 e. The van der Waals surface area contributed by atoms with Crippen LogP contribution in [0.5, 0.6) is 0 Å². The Morgan fingerprint density at radius 2 is 0.489 bits per heavy atom. The van der Waals surface area contributed by atoms with E-state index in [2.05, 4.69) is 0 Å². The standard InChI is InChI=1S/2C20H17O2P.Pd/c2*21-20(22)16-23(17-10-4-1-5-11-17,18-12-6-2-7-13-18)19-14-8-3-9-15-19;/h2*1-15H,16H2;/q;;+2. The van der Waals surface area contributed by atoms with Gasteiger partial charge in [0.15, 0.2) is 0 Å². The molecule has 6 rings (SSSR count). The zero-order valence-corrected chi connectivity index (χ0v) is 28.9. The number of benzene rings is 6. The molecule has 0 aliphatic carbocycles. The first kappa shape index (κ1) is 35.6. The van der Waals surface area contributed by atoms with Crippen molar-refractivity contribution in [3.63, 3.8) is 0 Å². The fourth-order valence-corrected chi connectivity index (χ4v) is 13.7. The molecule has 0 atom stereocenters. The molecule has 0 fully saturated rings. The summed E-state index contributed by atoms with van der Waals surface area (Å²) in [6.07, 6.45) is 0.01000.